The summed E-state index contributed by atoms with van der Waals surface area (Å²) >= 11 is 2.80. The zero-order valence-corrected chi connectivity index (χ0v) is 18.1. The first-order valence-corrected chi connectivity index (χ1v) is 12.9. The van der Waals surface area contributed by atoms with Crippen molar-refractivity contribution in [3.05, 3.63) is 35.5 Å². The van der Waals surface area contributed by atoms with Crippen LogP contribution >= 0.6 is 23.1 Å². The Hall–Kier alpha value is -1.45. The normalized spacial score (nSPS) is 18.3. The van der Waals surface area contributed by atoms with Crippen LogP contribution < -0.4 is 0 Å². The molecule has 0 spiro atoms. The van der Waals surface area contributed by atoms with Crippen LogP contribution in [0, 0.1) is 5.82 Å². The summed E-state index contributed by atoms with van der Waals surface area (Å²) in [6, 6.07) is 5.93. The molecule has 0 saturated carbocycles. The van der Waals surface area contributed by atoms with E-state index in [1.54, 1.807) is 17.0 Å². The van der Waals surface area contributed by atoms with Crippen molar-refractivity contribution in [2.45, 2.75) is 36.6 Å². The molecule has 1 atom stereocenters. The van der Waals surface area contributed by atoms with Gasteiger partial charge < -0.3 is 4.90 Å². The van der Waals surface area contributed by atoms with Crippen molar-refractivity contribution in [3.63, 3.8) is 0 Å². The van der Waals surface area contributed by atoms with E-state index >= 15 is 0 Å². The molecule has 9 heteroatoms. The van der Waals surface area contributed by atoms with Crippen molar-refractivity contribution >= 4 is 38.8 Å². The summed E-state index contributed by atoms with van der Waals surface area (Å²) in [5.41, 5.74) is 1.58. The fourth-order valence-electron chi connectivity index (χ4n) is 3.14. The Labute approximate surface area is 173 Å². The van der Waals surface area contributed by atoms with Crippen LogP contribution in [-0.4, -0.2) is 54.1 Å². The van der Waals surface area contributed by atoms with E-state index in [4.69, 9.17) is 0 Å². The Morgan fingerprint density at radius 1 is 1.36 bits per heavy atom. The summed E-state index contributed by atoms with van der Waals surface area (Å²) in [4.78, 5) is 19.0. The lowest BCUT2D eigenvalue weighted by molar-refractivity contribution is -0.130. The molecule has 1 aliphatic rings. The van der Waals surface area contributed by atoms with Gasteiger partial charge in [0.2, 0.25) is 5.91 Å². The second-order valence-electron chi connectivity index (χ2n) is 6.79. The van der Waals surface area contributed by atoms with E-state index in [0.29, 0.717) is 13.0 Å². The smallest absolute Gasteiger partial charge is 0.233 e. The highest BCUT2D eigenvalue weighted by Gasteiger charge is 2.34. The maximum absolute atomic E-state index is 13.1. The van der Waals surface area contributed by atoms with Crippen molar-refractivity contribution < 1.29 is 17.6 Å². The highest BCUT2D eigenvalue weighted by atomic mass is 32.2. The number of benzene rings is 1. The molecule has 1 amide bonds. The maximum Gasteiger partial charge on any atom is 0.233 e. The number of hydrogen-bond donors (Lipinski definition) is 0. The number of hydrogen-bond acceptors (Lipinski definition) is 6. The van der Waals surface area contributed by atoms with Crippen LogP contribution in [0.3, 0.4) is 0 Å². The second kappa shape index (κ2) is 9.37. The number of sulfone groups is 1. The number of carbonyl (C=O) groups excluding carboxylic acids is 1. The Morgan fingerprint density at radius 2 is 2.11 bits per heavy atom. The van der Waals surface area contributed by atoms with Crippen LogP contribution in [-0.2, 0) is 14.6 Å². The van der Waals surface area contributed by atoms with Gasteiger partial charge in [0, 0.05) is 23.5 Å². The Bertz CT molecular complexity index is 913. The molecular formula is C19H23FN2O3S3. The summed E-state index contributed by atoms with van der Waals surface area (Å²) in [5.74, 6) is 0.128. The maximum atomic E-state index is 13.1. The summed E-state index contributed by atoms with van der Waals surface area (Å²) in [5, 5.41) is 1.89. The van der Waals surface area contributed by atoms with Gasteiger partial charge in [0.15, 0.2) is 14.2 Å². The van der Waals surface area contributed by atoms with E-state index in [1.165, 1.54) is 35.2 Å². The van der Waals surface area contributed by atoms with Crippen molar-refractivity contribution in [3.8, 4) is 11.3 Å². The van der Waals surface area contributed by atoms with Crippen LogP contribution in [0.25, 0.3) is 11.3 Å². The lowest BCUT2D eigenvalue weighted by Gasteiger charge is -2.28. The van der Waals surface area contributed by atoms with E-state index in [0.717, 1.165) is 28.4 Å². The fraction of sp³-hybridized carbons (Fsp3) is 0.474. The van der Waals surface area contributed by atoms with E-state index in [1.807, 2.05) is 5.38 Å². The van der Waals surface area contributed by atoms with Gasteiger partial charge in [-0.1, -0.05) is 25.1 Å². The van der Waals surface area contributed by atoms with Crippen LogP contribution in [0.15, 0.2) is 34.0 Å². The number of thioether (sulfide) groups is 1. The average Bonchev–Trinajstić information content (AvgIpc) is 3.27. The van der Waals surface area contributed by atoms with Gasteiger partial charge in [0.25, 0.3) is 0 Å². The van der Waals surface area contributed by atoms with Crippen molar-refractivity contribution in [1.29, 1.82) is 0 Å². The minimum absolute atomic E-state index is 0.0425. The Kier molecular flexibility index (Phi) is 7.11. The first-order chi connectivity index (χ1) is 13.4. The molecule has 0 radical (unpaired) electrons. The number of nitrogens with zero attached hydrogens (tertiary/aromatic N) is 2. The van der Waals surface area contributed by atoms with Gasteiger partial charge in [-0.3, -0.25) is 4.79 Å². The van der Waals surface area contributed by atoms with Gasteiger partial charge in [0.1, 0.15) is 5.82 Å². The summed E-state index contributed by atoms with van der Waals surface area (Å²) in [7, 11) is -3.03. The highest BCUT2D eigenvalue weighted by molar-refractivity contribution is 8.01. The lowest BCUT2D eigenvalue weighted by atomic mass is 10.2. The molecule has 0 bridgehead atoms. The molecule has 2 heterocycles. The average molecular weight is 443 g/mol. The second-order valence-corrected chi connectivity index (χ2v) is 11.1. The van der Waals surface area contributed by atoms with Gasteiger partial charge in [-0.15, -0.1) is 11.3 Å². The SMILES string of the molecule is CCCCN(C(=O)CSc1nc(-c2ccc(F)cc2)cs1)C1CCS(=O)(=O)C1. The van der Waals surface area contributed by atoms with Crippen LogP contribution in [0.4, 0.5) is 4.39 Å². The number of thiazole rings is 1. The molecule has 5 nitrogen and oxygen atoms in total. The predicted molar refractivity (Wildman–Crippen MR) is 112 cm³/mol. The molecule has 3 rings (SSSR count). The minimum atomic E-state index is -3.03. The third-order valence-corrected chi connectivity index (χ3v) is 8.42. The van der Waals surface area contributed by atoms with Crippen LogP contribution in [0.1, 0.15) is 26.2 Å². The van der Waals surface area contributed by atoms with Gasteiger partial charge >= 0.3 is 0 Å². The van der Waals surface area contributed by atoms with Crippen molar-refractivity contribution in [2.75, 3.05) is 23.8 Å². The number of halogens is 1. The molecule has 1 saturated heterocycles. The van der Waals surface area contributed by atoms with Gasteiger partial charge in [0.05, 0.1) is 23.0 Å². The van der Waals surface area contributed by atoms with E-state index < -0.39 is 9.84 Å². The lowest BCUT2D eigenvalue weighted by Crippen LogP contribution is -2.42. The van der Waals surface area contributed by atoms with Crippen LogP contribution in [0.2, 0.25) is 0 Å². The third kappa shape index (κ3) is 5.55. The Morgan fingerprint density at radius 3 is 2.75 bits per heavy atom. The standard InChI is InChI=1S/C19H23FN2O3S3/c1-2-3-9-22(16-8-10-28(24,25)13-16)18(23)12-27-19-21-17(11-26-19)14-4-6-15(20)7-5-14/h4-7,11,16H,2-3,8-10,12-13H2,1H3. The molecule has 1 aliphatic heterocycles. The monoisotopic (exact) mass is 442 g/mol. The minimum Gasteiger partial charge on any atom is -0.338 e. The quantitative estimate of drug-likeness (QED) is 0.581. The summed E-state index contributed by atoms with van der Waals surface area (Å²) in [6.07, 6.45) is 2.33. The number of unbranched alkanes of at least 4 members (excludes halogenated alkanes) is 1. The highest BCUT2D eigenvalue weighted by Crippen LogP contribution is 2.29. The van der Waals surface area contributed by atoms with Gasteiger partial charge in [-0.05, 0) is 37.1 Å². The van der Waals surface area contributed by atoms with Crippen molar-refractivity contribution in [1.82, 2.24) is 9.88 Å². The van der Waals surface area contributed by atoms with Gasteiger partial charge in [-0.25, -0.2) is 17.8 Å². The molecule has 152 valence electrons. The number of rotatable bonds is 8. The summed E-state index contributed by atoms with van der Waals surface area (Å²) < 4.78 is 37.4. The fourth-order valence-corrected chi connectivity index (χ4v) is 6.60. The first-order valence-electron chi connectivity index (χ1n) is 9.22. The molecule has 1 aromatic carbocycles. The van der Waals surface area contributed by atoms with Gasteiger partial charge in [-0.2, -0.15) is 0 Å². The molecule has 1 unspecified atom stereocenters. The Balaban J connectivity index is 1.62. The molecule has 28 heavy (non-hydrogen) atoms. The van der Waals surface area contributed by atoms with E-state index in [9.17, 15) is 17.6 Å². The molecule has 1 fully saturated rings. The molecule has 1 aromatic heterocycles. The zero-order chi connectivity index (χ0) is 20.1. The number of amides is 1. The molecule has 0 N–H and O–H groups in total. The zero-order valence-electron chi connectivity index (χ0n) is 15.6. The number of carbonyl (C=O) groups is 1. The molecule has 0 aliphatic carbocycles. The molecule has 2 aromatic rings. The largest absolute Gasteiger partial charge is 0.338 e. The summed E-state index contributed by atoms with van der Waals surface area (Å²) in [6.45, 7) is 2.64. The van der Waals surface area contributed by atoms with E-state index in [2.05, 4.69) is 11.9 Å². The topological polar surface area (TPSA) is 67.3 Å². The predicted octanol–water partition coefficient (Wildman–Crippen LogP) is 3.86. The third-order valence-electron chi connectivity index (χ3n) is 4.66. The van der Waals surface area contributed by atoms with Crippen LogP contribution in [0.5, 0.6) is 0 Å². The van der Waals surface area contributed by atoms with Crippen molar-refractivity contribution in [2.24, 2.45) is 0 Å². The first kappa shape index (κ1) is 21.3. The molecular weight excluding hydrogens is 419 g/mol. The van der Waals surface area contributed by atoms with E-state index in [-0.39, 0.29) is 35.0 Å². The number of aromatic nitrogens is 1.